The molecule has 3 nitrogen and oxygen atoms in total. The zero-order valence-corrected chi connectivity index (χ0v) is 12.0. The second-order valence-corrected chi connectivity index (χ2v) is 3.29. The van der Waals surface area contributed by atoms with Gasteiger partial charge in [-0.1, -0.05) is 45.1 Å². The summed E-state index contributed by atoms with van der Waals surface area (Å²) in [5, 5.41) is 20.3. The van der Waals surface area contributed by atoms with Crippen molar-refractivity contribution >= 4 is 5.97 Å². The average Bonchev–Trinajstić information content (AvgIpc) is 2.21. The fraction of sp³-hybridized carbons (Fsp3) is 0.417. The van der Waals surface area contributed by atoms with Gasteiger partial charge in [-0.25, -0.2) is 0 Å². The first-order valence-corrected chi connectivity index (χ1v) is 4.95. The number of carbonyl (C=O) groups is 1. The van der Waals surface area contributed by atoms with Crippen LogP contribution in [0.5, 0.6) is 0 Å². The number of unbranched alkanes of at least 4 members (excludes halogenated alkanes) is 1. The van der Waals surface area contributed by atoms with E-state index in [-0.39, 0.29) is 40.7 Å². The summed E-state index contributed by atoms with van der Waals surface area (Å²) in [5.41, 5.74) is 0.0944. The average molecular weight is 232 g/mol. The molecule has 4 heteroatoms. The molecule has 0 aromatic carbocycles. The molecule has 1 atom stereocenters. The predicted molar refractivity (Wildman–Crippen MR) is 58.0 cm³/mol. The van der Waals surface area contributed by atoms with Crippen molar-refractivity contribution < 1.29 is 44.6 Å². The van der Waals surface area contributed by atoms with E-state index in [1.54, 1.807) is 0 Å². The van der Waals surface area contributed by atoms with E-state index in [1.807, 2.05) is 6.92 Å². The van der Waals surface area contributed by atoms with Crippen molar-refractivity contribution in [2.45, 2.75) is 32.3 Å². The van der Waals surface area contributed by atoms with E-state index >= 15 is 0 Å². The molecule has 1 unspecified atom stereocenters. The van der Waals surface area contributed by atoms with E-state index in [0.29, 0.717) is 6.42 Å². The molecule has 0 rings (SSSR count). The minimum atomic E-state index is -1.34. The van der Waals surface area contributed by atoms with Crippen molar-refractivity contribution in [3.8, 4) is 0 Å². The van der Waals surface area contributed by atoms with Gasteiger partial charge in [0.05, 0.1) is 12.1 Å². The fourth-order valence-electron chi connectivity index (χ4n) is 1.18. The van der Waals surface area contributed by atoms with Gasteiger partial charge in [0.15, 0.2) is 0 Å². The molecule has 0 saturated carbocycles. The van der Waals surface area contributed by atoms with Gasteiger partial charge in [-0.3, -0.25) is 0 Å². The molecule has 0 aliphatic rings. The summed E-state index contributed by atoms with van der Waals surface area (Å²) < 4.78 is 0. The van der Waals surface area contributed by atoms with Crippen LogP contribution in [-0.2, 0) is 4.79 Å². The van der Waals surface area contributed by atoms with Crippen LogP contribution in [0.25, 0.3) is 0 Å². The molecule has 1 N–H and O–H groups in total. The van der Waals surface area contributed by atoms with E-state index in [9.17, 15) is 15.0 Å². The Hall–Kier alpha value is -0.350. The second kappa shape index (κ2) is 9.85. The summed E-state index contributed by atoms with van der Waals surface area (Å²) in [6.07, 6.45) is 4.08. The Kier molecular flexibility index (Phi) is 11.1. The zero-order valence-electron chi connectivity index (χ0n) is 10.0. The minimum Gasteiger partial charge on any atom is -0.545 e. The molecule has 0 bridgehead atoms. The van der Waals surface area contributed by atoms with Gasteiger partial charge in [0.1, 0.15) is 0 Å². The van der Waals surface area contributed by atoms with Crippen molar-refractivity contribution in [1.29, 1.82) is 0 Å². The Morgan fingerprint density at radius 3 is 2.50 bits per heavy atom. The monoisotopic (exact) mass is 232 g/mol. The summed E-state index contributed by atoms with van der Waals surface area (Å²) >= 11 is 0. The Morgan fingerprint density at radius 1 is 1.56 bits per heavy atom. The molecule has 0 saturated heterocycles. The minimum absolute atomic E-state index is 0. The molecule has 0 aliphatic heterocycles. The largest absolute Gasteiger partial charge is 1.00 e. The molecule has 84 valence electrons. The second-order valence-electron chi connectivity index (χ2n) is 3.29. The Bertz CT molecular complexity index is 282. The maximum Gasteiger partial charge on any atom is 1.00 e. The third-order valence-electron chi connectivity index (χ3n) is 2.08. The van der Waals surface area contributed by atoms with Gasteiger partial charge in [-0.05, 0) is 12.0 Å². The number of carbonyl (C=O) groups excluding carboxylic acids is 1. The maximum atomic E-state index is 10.7. The maximum absolute atomic E-state index is 10.7. The van der Waals surface area contributed by atoms with Gasteiger partial charge in [-0.15, -0.1) is 0 Å². The van der Waals surface area contributed by atoms with Gasteiger partial charge in [0, 0.05) is 5.57 Å². The third kappa shape index (κ3) is 6.28. The topological polar surface area (TPSA) is 60.4 Å². The summed E-state index contributed by atoms with van der Waals surface area (Å²) in [5.74, 6) is -1.34. The van der Waals surface area contributed by atoms with E-state index in [1.165, 1.54) is 12.2 Å². The number of hydrogen-bond donors (Lipinski definition) is 1. The van der Waals surface area contributed by atoms with Gasteiger partial charge < -0.3 is 15.0 Å². The Labute approximate surface area is 119 Å². The van der Waals surface area contributed by atoms with Crippen LogP contribution in [-0.4, -0.2) is 17.2 Å². The van der Waals surface area contributed by atoms with Crippen molar-refractivity contribution in [3.05, 3.63) is 36.5 Å². The Morgan fingerprint density at radius 2 is 2.12 bits per heavy atom. The summed E-state index contributed by atoms with van der Waals surface area (Å²) in [6.45, 7) is 8.95. The van der Waals surface area contributed by atoms with E-state index < -0.39 is 12.1 Å². The van der Waals surface area contributed by atoms with Crippen LogP contribution in [0.4, 0.5) is 0 Å². The molecule has 0 aromatic heterocycles. The molecule has 0 heterocycles. The van der Waals surface area contributed by atoms with Crippen LogP contribution in [0.3, 0.4) is 0 Å². The molecule has 0 spiro atoms. The van der Waals surface area contributed by atoms with Crippen molar-refractivity contribution in [2.24, 2.45) is 0 Å². The van der Waals surface area contributed by atoms with Crippen molar-refractivity contribution in [3.63, 3.8) is 0 Å². The zero-order chi connectivity index (χ0) is 11.8. The number of carboxylic acid groups (broad SMARTS) is 1. The number of hydrogen-bond acceptors (Lipinski definition) is 3. The number of allylic oxidation sites excluding steroid dienone is 2. The number of aliphatic carboxylic acids is 1. The SMILES string of the molecule is C=C/C=C(\C(=C)C(O)CCCC)C(=O)[O-].[Na+]. The van der Waals surface area contributed by atoms with Gasteiger partial charge in [0.2, 0.25) is 0 Å². The molecule has 0 aromatic rings. The quantitative estimate of drug-likeness (QED) is 0.312. The van der Waals surface area contributed by atoms with Crippen LogP contribution in [0.2, 0.25) is 0 Å². The first-order chi connectivity index (χ1) is 7.04. The van der Waals surface area contributed by atoms with Gasteiger partial charge >= 0.3 is 29.6 Å². The van der Waals surface area contributed by atoms with Crippen LogP contribution < -0.4 is 34.7 Å². The predicted octanol–water partition coefficient (Wildman–Crippen LogP) is -2.04. The molecule has 0 radical (unpaired) electrons. The first-order valence-electron chi connectivity index (χ1n) is 4.95. The van der Waals surface area contributed by atoms with Crippen LogP contribution in [0.15, 0.2) is 36.5 Å². The van der Waals surface area contributed by atoms with Crippen molar-refractivity contribution in [2.75, 3.05) is 0 Å². The smallest absolute Gasteiger partial charge is 0.545 e. The number of rotatable bonds is 7. The number of aliphatic hydroxyl groups is 1. The molecular formula is C12H17NaO3. The van der Waals surface area contributed by atoms with Gasteiger partial charge in [-0.2, -0.15) is 0 Å². The standard InChI is InChI=1S/C12H18O3.Na/c1-4-6-8-11(13)9(3)10(7-5-2)12(14)15;/h5,7,11,13H,2-4,6,8H2,1H3,(H,14,15);/q;+1/p-1/b10-7+;. The van der Waals surface area contributed by atoms with Gasteiger partial charge in [0.25, 0.3) is 0 Å². The van der Waals surface area contributed by atoms with E-state index in [2.05, 4.69) is 13.2 Å². The first kappa shape index (κ1) is 18.0. The molecule has 0 amide bonds. The summed E-state index contributed by atoms with van der Waals surface area (Å²) in [7, 11) is 0. The summed E-state index contributed by atoms with van der Waals surface area (Å²) in [4.78, 5) is 10.7. The third-order valence-corrected chi connectivity index (χ3v) is 2.08. The van der Waals surface area contributed by atoms with Crippen LogP contribution in [0, 0.1) is 0 Å². The van der Waals surface area contributed by atoms with Crippen molar-refractivity contribution in [1.82, 2.24) is 0 Å². The summed E-state index contributed by atoms with van der Waals surface area (Å²) in [6, 6.07) is 0. The molecular weight excluding hydrogens is 215 g/mol. The van der Waals surface area contributed by atoms with E-state index in [0.717, 1.165) is 12.8 Å². The number of carboxylic acids is 1. The van der Waals surface area contributed by atoms with E-state index in [4.69, 9.17) is 0 Å². The number of aliphatic hydroxyl groups excluding tert-OH is 1. The molecule has 0 fully saturated rings. The molecule has 0 aliphatic carbocycles. The van der Waals surface area contributed by atoms with Crippen LogP contribution in [0.1, 0.15) is 26.2 Å². The van der Waals surface area contributed by atoms with Crippen LogP contribution >= 0.6 is 0 Å². The molecule has 16 heavy (non-hydrogen) atoms. The Balaban J connectivity index is 0. The normalized spacial score (nSPS) is 12.5. The fourth-order valence-corrected chi connectivity index (χ4v) is 1.18.